The Bertz CT molecular complexity index is 1300. The van der Waals surface area contributed by atoms with Crippen LogP contribution in [0.15, 0.2) is 72.8 Å². The lowest BCUT2D eigenvalue weighted by Gasteiger charge is -2.29. The molecule has 0 unspecified atom stereocenters. The highest BCUT2D eigenvalue weighted by molar-refractivity contribution is 6.35. The smallest absolute Gasteiger partial charge is 0.271 e. The van der Waals surface area contributed by atoms with Crippen LogP contribution < -0.4 is 5.06 Å². The Labute approximate surface area is 204 Å². The summed E-state index contributed by atoms with van der Waals surface area (Å²) in [6.07, 6.45) is -1.09. The average Bonchev–Trinajstić information content (AvgIpc) is 3.32. The largest absolute Gasteiger partial charge is 0.275 e. The number of nitro groups is 1. The van der Waals surface area contributed by atoms with Crippen LogP contribution in [0.1, 0.15) is 17.2 Å². The average molecular weight is 498 g/mol. The summed E-state index contributed by atoms with van der Waals surface area (Å²) < 4.78 is 0. The van der Waals surface area contributed by atoms with Gasteiger partial charge in [0.1, 0.15) is 5.92 Å². The molecule has 3 aromatic carbocycles. The molecule has 2 saturated heterocycles. The molecule has 8 nitrogen and oxygen atoms in total. The van der Waals surface area contributed by atoms with Crippen LogP contribution in [0.5, 0.6) is 0 Å². The first-order valence-electron chi connectivity index (χ1n) is 10.4. The summed E-state index contributed by atoms with van der Waals surface area (Å²) in [6.45, 7) is 0.118. The zero-order valence-corrected chi connectivity index (χ0v) is 19.0. The molecule has 3 atom stereocenters. The van der Waals surface area contributed by atoms with Crippen molar-refractivity contribution >= 4 is 46.4 Å². The van der Waals surface area contributed by atoms with E-state index in [-0.39, 0.29) is 12.2 Å². The number of hydrogen-bond donors (Lipinski definition) is 0. The van der Waals surface area contributed by atoms with E-state index in [0.717, 1.165) is 5.56 Å². The third-order valence-corrected chi connectivity index (χ3v) is 6.53. The lowest BCUT2D eigenvalue weighted by atomic mass is 9.90. The number of anilines is 1. The number of carbonyl (C=O) groups excluding carboxylic acids is 2. The van der Waals surface area contributed by atoms with E-state index in [9.17, 15) is 19.7 Å². The van der Waals surface area contributed by atoms with E-state index in [0.29, 0.717) is 21.3 Å². The molecule has 0 radical (unpaired) electrons. The van der Waals surface area contributed by atoms with Gasteiger partial charge in [-0.25, -0.2) is 5.06 Å². The second kappa shape index (κ2) is 8.72. The van der Waals surface area contributed by atoms with E-state index in [4.69, 9.17) is 28.0 Å². The molecule has 2 aliphatic heterocycles. The molecule has 2 fully saturated rings. The summed E-state index contributed by atoms with van der Waals surface area (Å²) in [6, 6.07) is 19.0. The molecule has 0 saturated carbocycles. The van der Waals surface area contributed by atoms with Crippen LogP contribution in [0.4, 0.5) is 11.4 Å². The lowest BCUT2D eigenvalue weighted by molar-refractivity contribution is -0.384. The normalized spacial score (nSPS) is 21.8. The first kappa shape index (κ1) is 22.3. The highest BCUT2D eigenvalue weighted by atomic mass is 35.5. The van der Waals surface area contributed by atoms with Gasteiger partial charge < -0.3 is 0 Å². The summed E-state index contributed by atoms with van der Waals surface area (Å²) >= 11 is 12.6. The van der Waals surface area contributed by atoms with Crippen molar-refractivity contribution in [1.82, 2.24) is 4.90 Å². The van der Waals surface area contributed by atoms with Crippen molar-refractivity contribution in [2.24, 2.45) is 5.92 Å². The Morgan fingerprint density at radius 3 is 2.41 bits per heavy atom. The van der Waals surface area contributed by atoms with Crippen LogP contribution in [-0.4, -0.2) is 27.7 Å². The zero-order chi connectivity index (χ0) is 24.0. The van der Waals surface area contributed by atoms with Gasteiger partial charge >= 0.3 is 0 Å². The molecule has 10 heteroatoms. The zero-order valence-electron chi connectivity index (χ0n) is 17.5. The SMILES string of the molecule is O=C1[C@@H]2[C@H](ON(c3cccc([N+](=O)[O-])c3)[C@@H]2c2ccc(Cl)cc2Cl)C(=O)N1Cc1ccccc1. The molecule has 5 rings (SSSR count). The van der Waals surface area contributed by atoms with Gasteiger partial charge in [0.2, 0.25) is 5.91 Å². The predicted molar refractivity (Wildman–Crippen MR) is 125 cm³/mol. The Morgan fingerprint density at radius 1 is 0.941 bits per heavy atom. The third-order valence-electron chi connectivity index (χ3n) is 5.97. The van der Waals surface area contributed by atoms with Crippen LogP contribution >= 0.6 is 23.2 Å². The van der Waals surface area contributed by atoms with Crippen LogP contribution in [0.2, 0.25) is 10.0 Å². The van der Waals surface area contributed by atoms with Crippen molar-refractivity contribution < 1.29 is 19.3 Å². The number of likely N-dealkylation sites (tertiary alicyclic amines) is 1. The molecule has 0 N–H and O–H groups in total. The molecule has 0 spiro atoms. The highest BCUT2D eigenvalue weighted by Crippen LogP contribution is 2.49. The van der Waals surface area contributed by atoms with Crippen molar-refractivity contribution in [3.05, 3.63) is 104 Å². The maximum atomic E-state index is 13.5. The number of imide groups is 1. The maximum absolute atomic E-state index is 13.5. The summed E-state index contributed by atoms with van der Waals surface area (Å²) in [4.78, 5) is 44.8. The Morgan fingerprint density at radius 2 is 1.71 bits per heavy atom. The van der Waals surface area contributed by atoms with Crippen LogP contribution in [0.25, 0.3) is 0 Å². The fraction of sp³-hybridized carbons (Fsp3) is 0.167. The number of hydroxylamine groups is 1. The van der Waals surface area contributed by atoms with E-state index in [2.05, 4.69) is 0 Å². The quantitative estimate of drug-likeness (QED) is 0.281. The molecule has 2 amide bonds. The van der Waals surface area contributed by atoms with Gasteiger partial charge in [-0.1, -0.05) is 65.7 Å². The van der Waals surface area contributed by atoms with Gasteiger partial charge in [-0.2, -0.15) is 0 Å². The maximum Gasteiger partial charge on any atom is 0.271 e. The summed E-state index contributed by atoms with van der Waals surface area (Å²) in [7, 11) is 0. The molecule has 172 valence electrons. The van der Waals surface area contributed by atoms with E-state index >= 15 is 0 Å². The van der Waals surface area contributed by atoms with Crippen molar-refractivity contribution in [3.63, 3.8) is 0 Å². The summed E-state index contributed by atoms with van der Waals surface area (Å²) in [5.41, 5.74) is 1.51. The van der Waals surface area contributed by atoms with Crippen molar-refractivity contribution in [3.8, 4) is 0 Å². The van der Waals surface area contributed by atoms with E-state index in [1.54, 1.807) is 24.3 Å². The monoisotopic (exact) mass is 497 g/mol. The molecule has 0 aromatic heterocycles. The van der Waals surface area contributed by atoms with Gasteiger partial charge in [0.15, 0.2) is 6.10 Å². The Kier molecular flexibility index (Phi) is 5.73. The molecule has 0 bridgehead atoms. The predicted octanol–water partition coefficient (Wildman–Crippen LogP) is 4.95. The van der Waals surface area contributed by atoms with Gasteiger partial charge in [-0.3, -0.25) is 29.4 Å². The highest BCUT2D eigenvalue weighted by Gasteiger charge is 2.60. The van der Waals surface area contributed by atoms with Crippen molar-refractivity contribution in [2.45, 2.75) is 18.7 Å². The molecular formula is C24H17Cl2N3O5. The Balaban J connectivity index is 1.57. The van der Waals surface area contributed by atoms with Crippen molar-refractivity contribution in [2.75, 3.05) is 5.06 Å². The summed E-state index contributed by atoms with van der Waals surface area (Å²) in [5.74, 6) is -1.76. The number of carbonyl (C=O) groups is 2. The summed E-state index contributed by atoms with van der Waals surface area (Å²) in [5, 5.41) is 13.4. The minimum Gasteiger partial charge on any atom is -0.275 e. The first-order valence-corrected chi connectivity index (χ1v) is 11.2. The lowest BCUT2D eigenvalue weighted by Crippen LogP contribution is -2.37. The topological polar surface area (TPSA) is 93.0 Å². The molecule has 0 aliphatic carbocycles. The number of benzene rings is 3. The van der Waals surface area contributed by atoms with Crippen molar-refractivity contribution in [1.29, 1.82) is 0 Å². The number of fused-ring (bicyclic) bond motifs is 1. The second-order valence-corrected chi connectivity index (χ2v) is 8.86. The number of non-ortho nitro benzene ring substituents is 1. The fourth-order valence-corrected chi connectivity index (χ4v) is 4.94. The third kappa shape index (κ3) is 3.79. The number of nitro benzene ring substituents is 1. The van der Waals surface area contributed by atoms with Gasteiger partial charge in [0, 0.05) is 22.2 Å². The molecular weight excluding hydrogens is 481 g/mol. The van der Waals surface area contributed by atoms with E-state index < -0.39 is 34.8 Å². The number of amides is 2. The first-order chi connectivity index (χ1) is 16.3. The fourth-order valence-electron chi connectivity index (χ4n) is 4.42. The number of halogens is 2. The molecule has 2 heterocycles. The van der Waals surface area contributed by atoms with Gasteiger partial charge in [-0.05, 0) is 29.3 Å². The Hall–Kier alpha value is -3.46. The minimum absolute atomic E-state index is 0.118. The number of nitrogens with zero attached hydrogens (tertiary/aromatic N) is 3. The van der Waals surface area contributed by atoms with Gasteiger partial charge in [-0.15, -0.1) is 0 Å². The molecule has 2 aliphatic rings. The van der Waals surface area contributed by atoms with Gasteiger partial charge in [0.25, 0.3) is 11.6 Å². The van der Waals surface area contributed by atoms with Crippen LogP contribution in [0, 0.1) is 16.0 Å². The standard InChI is InChI=1S/C24H17Cl2N3O5/c25-15-9-10-18(19(26)11-15)21-20-22(34-28(21)16-7-4-8-17(12-16)29(32)33)24(31)27(23(20)30)13-14-5-2-1-3-6-14/h1-12,20-22H,13H2/t20-,21+,22-/m0/s1. The van der Waals surface area contributed by atoms with E-state index in [1.165, 1.54) is 28.2 Å². The van der Waals surface area contributed by atoms with Crippen LogP contribution in [-0.2, 0) is 21.0 Å². The molecule has 3 aromatic rings. The number of hydrogen-bond acceptors (Lipinski definition) is 6. The number of rotatable bonds is 5. The molecule has 34 heavy (non-hydrogen) atoms. The minimum atomic E-state index is -1.09. The van der Waals surface area contributed by atoms with Gasteiger partial charge in [0.05, 0.1) is 23.2 Å². The second-order valence-electron chi connectivity index (χ2n) is 8.01. The van der Waals surface area contributed by atoms with E-state index in [1.807, 2.05) is 30.3 Å². The van der Waals surface area contributed by atoms with Crippen LogP contribution in [0.3, 0.4) is 0 Å².